The summed E-state index contributed by atoms with van der Waals surface area (Å²) < 4.78 is 24.2. The van der Waals surface area contributed by atoms with Crippen LogP contribution in [0.1, 0.15) is 25.7 Å². The first-order chi connectivity index (χ1) is 6.59. The van der Waals surface area contributed by atoms with Gasteiger partial charge in [-0.2, -0.15) is 0 Å². The third-order valence-corrected chi connectivity index (χ3v) is 2.27. The van der Waals surface area contributed by atoms with Gasteiger partial charge in [0.25, 0.3) is 6.43 Å². The molecule has 0 atom stereocenters. The second-order valence-electron chi connectivity index (χ2n) is 3.61. The fraction of sp³-hybridized carbons (Fsp3) is 0.889. The number of nitrogens with zero attached hydrogens (tertiary/aromatic N) is 1. The fourth-order valence-electron chi connectivity index (χ4n) is 1.47. The standard InChI is InChI=1S/C9H15F2NO2/c10-8(11)6-12(7-3-4-7)5-1-2-9(13)14/h7-8H,1-6H2,(H,13,14). The number of hydrogen-bond acceptors (Lipinski definition) is 2. The van der Waals surface area contributed by atoms with E-state index in [9.17, 15) is 13.6 Å². The predicted molar refractivity (Wildman–Crippen MR) is 47.5 cm³/mol. The molecule has 0 aliphatic heterocycles. The van der Waals surface area contributed by atoms with E-state index in [0.29, 0.717) is 13.0 Å². The highest BCUT2D eigenvalue weighted by Gasteiger charge is 2.30. The molecular weight excluding hydrogens is 192 g/mol. The van der Waals surface area contributed by atoms with Crippen LogP contribution in [-0.4, -0.2) is 41.5 Å². The van der Waals surface area contributed by atoms with Crippen LogP contribution in [0.15, 0.2) is 0 Å². The summed E-state index contributed by atoms with van der Waals surface area (Å²) in [5.41, 5.74) is 0. The van der Waals surface area contributed by atoms with Gasteiger partial charge in [0.05, 0.1) is 6.54 Å². The molecule has 14 heavy (non-hydrogen) atoms. The number of aliphatic carboxylic acids is 1. The van der Waals surface area contributed by atoms with Crippen molar-refractivity contribution in [2.24, 2.45) is 0 Å². The first kappa shape index (κ1) is 11.4. The molecule has 0 spiro atoms. The van der Waals surface area contributed by atoms with Gasteiger partial charge >= 0.3 is 5.97 Å². The van der Waals surface area contributed by atoms with Crippen molar-refractivity contribution in [3.63, 3.8) is 0 Å². The van der Waals surface area contributed by atoms with E-state index < -0.39 is 12.4 Å². The average Bonchev–Trinajstić information content (AvgIpc) is 2.83. The lowest BCUT2D eigenvalue weighted by Crippen LogP contribution is -2.32. The monoisotopic (exact) mass is 207 g/mol. The molecule has 1 fully saturated rings. The summed E-state index contributed by atoms with van der Waals surface area (Å²) in [5.74, 6) is -0.863. The molecule has 0 aromatic heterocycles. The quantitative estimate of drug-likeness (QED) is 0.689. The van der Waals surface area contributed by atoms with Crippen LogP contribution in [-0.2, 0) is 4.79 Å². The lowest BCUT2D eigenvalue weighted by atomic mass is 10.3. The van der Waals surface area contributed by atoms with Gasteiger partial charge in [0.2, 0.25) is 0 Å². The molecular formula is C9H15F2NO2. The van der Waals surface area contributed by atoms with Crippen LogP contribution in [0.25, 0.3) is 0 Å². The minimum Gasteiger partial charge on any atom is -0.481 e. The Kier molecular flexibility index (Phi) is 4.25. The third-order valence-electron chi connectivity index (χ3n) is 2.27. The van der Waals surface area contributed by atoms with E-state index in [2.05, 4.69) is 0 Å². The molecule has 0 saturated heterocycles. The number of rotatable bonds is 7. The Labute approximate surface area is 81.7 Å². The van der Waals surface area contributed by atoms with Gasteiger partial charge in [0.1, 0.15) is 0 Å². The Morgan fingerprint density at radius 2 is 2.14 bits per heavy atom. The normalized spacial score (nSPS) is 16.6. The van der Waals surface area contributed by atoms with Gasteiger partial charge in [-0.3, -0.25) is 9.69 Å². The molecule has 0 amide bonds. The van der Waals surface area contributed by atoms with E-state index >= 15 is 0 Å². The van der Waals surface area contributed by atoms with Crippen molar-refractivity contribution in [2.45, 2.75) is 38.2 Å². The summed E-state index contributed by atoms with van der Waals surface area (Å²) in [7, 11) is 0. The van der Waals surface area contributed by atoms with E-state index in [0.717, 1.165) is 12.8 Å². The van der Waals surface area contributed by atoms with Crippen molar-refractivity contribution >= 4 is 5.97 Å². The van der Waals surface area contributed by atoms with Crippen molar-refractivity contribution in [1.82, 2.24) is 4.90 Å². The van der Waals surface area contributed by atoms with Crippen LogP contribution in [0.5, 0.6) is 0 Å². The predicted octanol–water partition coefficient (Wildman–Crippen LogP) is 1.58. The topological polar surface area (TPSA) is 40.5 Å². The lowest BCUT2D eigenvalue weighted by molar-refractivity contribution is -0.137. The second kappa shape index (κ2) is 5.24. The SMILES string of the molecule is O=C(O)CCCN(CC(F)F)C1CC1. The molecule has 1 aliphatic carbocycles. The van der Waals surface area contributed by atoms with Crippen LogP contribution in [0, 0.1) is 0 Å². The summed E-state index contributed by atoms with van der Waals surface area (Å²) in [6, 6.07) is 0.276. The molecule has 0 bridgehead atoms. The zero-order chi connectivity index (χ0) is 10.6. The molecule has 1 N–H and O–H groups in total. The van der Waals surface area contributed by atoms with Gasteiger partial charge < -0.3 is 5.11 Å². The summed E-state index contributed by atoms with van der Waals surface area (Å²) in [5, 5.41) is 8.40. The summed E-state index contributed by atoms with van der Waals surface area (Å²) in [6.45, 7) is 0.256. The minimum absolute atomic E-state index is 0.0620. The van der Waals surface area contributed by atoms with E-state index in [4.69, 9.17) is 5.11 Å². The van der Waals surface area contributed by atoms with Crippen molar-refractivity contribution in [1.29, 1.82) is 0 Å². The third kappa shape index (κ3) is 4.50. The zero-order valence-corrected chi connectivity index (χ0v) is 7.96. The first-order valence-electron chi connectivity index (χ1n) is 4.83. The average molecular weight is 207 g/mol. The Hall–Kier alpha value is -0.710. The van der Waals surface area contributed by atoms with E-state index in [1.807, 2.05) is 0 Å². The molecule has 1 aliphatic rings. The molecule has 1 saturated carbocycles. The van der Waals surface area contributed by atoms with E-state index in [1.54, 1.807) is 4.90 Å². The van der Waals surface area contributed by atoms with Crippen molar-refractivity contribution < 1.29 is 18.7 Å². The summed E-state index contributed by atoms with van der Waals surface area (Å²) >= 11 is 0. The highest BCUT2D eigenvalue weighted by Crippen LogP contribution is 2.27. The van der Waals surface area contributed by atoms with Crippen LogP contribution in [0.4, 0.5) is 8.78 Å². The van der Waals surface area contributed by atoms with Crippen molar-refractivity contribution in [3.8, 4) is 0 Å². The van der Waals surface area contributed by atoms with Crippen molar-refractivity contribution in [3.05, 3.63) is 0 Å². The smallest absolute Gasteiger partial charge is 0.303 e. The number of carboxylic acids is 1. The Morgan fingerprint density at radius 3 is 2.57 bits per heavy atom. The van der Waals surface area contributed by atoms with Gasteiger partial charge in [-0.15, -0.1) is 0 Å². The Bertz CT molecular complexity index is 195. The minimum atomic E-state index is -2.32. The summed E-state index contributed by atoms with van der Waals surface area (Å²) in [4.78, 5) is 11.9. The molecule has 0 unspecified atom stereocenters. The van der Waals surface area contributed by atoms with Gasteiger partial charge in [-0.05, 0) is 25.8 Å². The second-order valence-corrected chi connectivity index (χ2v) is 3.61. The van der Waals surface area contributed by atoms with E-state index in [-0.39, 0.29) is 19.0 Å². The first-order valence-corrected chi connectivity index (χ1v) is 4.83. The van der Waals surface area contributed by atoms with Gasteiger partial charge in [-0.25, -0.2) is 8.78 Å². The molecule has 0 heterocycles. The number of halogens is 2. The number of carboxylic acid groups (broad SMARTS) is 1. The van der Waals surface area contributed by atoms with Crippen molar-refractivity contribution in [2.75, 3.05) is 13.1 Å². The molecule has 82 valence electrons. The molecule has 0 aromatic rings. The zero-order valence-electron chi connectivity index (χ0n) is 7.96. The van der Waals surface area contributed by atoms with Crippen LogP contribution < -0.4 is 0 Å². The number of hydrogen-bond donors (Lipinski definition) is 1. The highest BCUT2D eigenvalue weighted by atomic mass is 19.3. The maximum Gasteiger partial charge on any atom is 0.303 e. The maximum atomic E-state index is 12.1. The summed E-state index contributed by atoms with van der Waals surface area (Å²) in [6.07, 6.45) is 0.144. The molecule has 5 heteroatoms. The van der Waals surface area contributed by atoms with Gasteiger partial charge in [0.15, 0.2) is 0 Å². The van der Waals surface area contributed by atoms with E-state index in [1.165, 1.54) is 0 Å². The Balaban J connectivity index is 2.18. The number of alkyl halides is 2. The largest absolute Gasteiger partial charge is 0.481 e. The molecule has 0 aromatic carbocycles. The van der Waals surface area contributed by atoms with Crippen LogP contribution >= 0.6 is 0 Å². The molecule has 0 radical (unpaired) electrons. The van der Waals surface area contributed by atoms with Gasteiger partial charge in [-0.1, -0.05) is 0 Å². The van der Waals surface area contributed by atoms with Gasteiger partial charge in [0, 0.05) is 12.5 Å². The fourth-order valence-corrected chi connectivity index (χ4v) is 1.47. The maximum absolute atomic E-state index is 12.1. The Morgan fingerprint density at radius 1 is 1.50 bits per heavy atom. The molecule has 3 nitrogen and oxygen atoms in total. The highest BCUT2D eigenvalue weighted by molar-refractivity contribution is 5.66. The molecule has 1 rings (SSSR count). The number of carbonyl (C=O) groups is 1. The van der Waals surface area contributed by atoms with Crippen LogP contribution in [0.3, 0.4) is 0 Å². The lowest BCUT2D eigenvalue weighted by Gasteiger charge is -2.20. The van der Waals surface area contributed by atoms with Crippen LogP contribution in [0.2, 0.25) is 0 Å².